The van der Waals surface area contributed by atoms with E-state index in [9.17, 15) is 14.7 Å². The minimum absolute atomic E-state index is 0.370. The average molecular weight is 528 g/mol. The van der Waals surface area contributed by atoms with Gasteiger partial charge in [-0.1, -0.05) is 70.4 Å². The van der Waals surface area contributed by atoms with Gasteiger partial charge in [0.1, 0.15) is 6.10 Å². The summed E-state index contributed by atoms with van der Waals surface area (Å²) in [7, 11) is 0. The molecule has 0 aliphatic carbocycles. The number of imidazole rings is 1. The molecule has 2 aromatic heterocycles. The molecule has 1 aromatic carbocycles. The number of unbranched alkanes of at least 4 members (excludes halogenated alkanes) is 1. The second kappa shape index (κ2) is 12.8. The summed E-state index contributed by atoms with van der Waals surface area (Å²) >= 11 is 1.25. The van der Waals surface area contributed by atoms with Gasteiger partial charge in [0, 0.05) is 28.8 Å². The molecule has 3 N–H and O–H groups in total. The van der Waals surface area contributed by atoms with Gasteiger partial charge in [0.2, 0.25) is 0 Å². The maximum atomic E-state index is 13.0. The first kappa shape index (κ1) is 28.3. The number of hydrogen-bond acceptors (Lipinski definition) is 7. The Labute approximate surface area is 222 Å². The zero-order chi connectivity index (χ0) is 27.0. The zero-order valence-corrected chi connectivity index (χ0v) is 22.9. The highest BCUT2D eigenvalue weighted by atomic mass is 32.1. The molecule has 0 spiro atoms. The van der Waals surface area contributed by atoms with E-state index in [-0.39, 0.29) is 5.41 Å². The second-order valence-corrected chi connectivity index (χ2v) is 11.1. The number of benzene rings is 1. The Hall–Kier alpha value is -3.24. The summed E-state index contributed by atoms with van der Waals surface area (Å²) in [6.07, 6.45) is 4.62. The Bertz CT molecular complexity index is 1140. The molecule has 0 aliphatic rings. The molecule has 0 saturated heterocycles. The number of hydrogen-bond donors (Lipinski definition) is 3. The van der Waals surface area contributed by atoms with Crippen molar-refractivity contribution in [2.45, 2.75) is 78.7 Å². The highest BCUT2D eigenvalue weighted by molar-refractivity contribution is 7.13. The third-order valence-electron chi connectivity index (χ3n) is 6.06. The molecule has 0 radical (unpaired) electrons. The normalized spacial score (nSPS) is 14.0. The molecule has 3 atom stereocenters. The van der Waals surface area contributed by atoms with Crippen LogP contribution in [0.1, 0.15) is 52.5 Å². The zero-order valence-electron chi connectivity index (χ0n) is 22.1. The van der Waals surface area contributed by atoms with Crippen molar-refractivity contribution in [3.63, 3.8) is 0 Å². The molecule has 0 fully saturated rings. The summed E-state index contributed by atoms with van der Waals surface area (Å²) in [5.74, 6) is -0.620. The monoisotopic (exact) mass is 527 g/mol. The molecule has 10 heteroatoms. The Kier molecular flexibility index (Phi) is 9.82. The SMILES string of the molecule is CCCC[C@H](NC(=O)O[C@H](Cn1cnc(-c2ccc(C)cc2)c1)C(C)(C)C)[C@@H](O)C(=O)Nc1nccs1. The standard InChI is InChI=1S/C27H37N5O4S/c1-6-7-8-20(23(33)24(34)31-25-28-13-14-37-25)30-26(35)36-22(27(3,4)5)16-32-15-21(29-17-32)19-11-9-18(2)10-12-19/h9-15,17,20,22-23,33H,6-8,16H2,1-5H3,(H,30,35)(H,28,31,34)/t20-,22+,23+/m0/s1. The third-order valence-corrected chi connectivity index (χ3v) is 6.75. The van der Waals surface area contributed by atoms with Gasteiger partial charge in [-0.3, -0.25) is 10.1 Å². The van der Waals surface area contributed by atoms with Gasteiger partial charge in [-0.25, -0.2) is 14.8 Å². The van der Waals surface area contributed by atoms with Crippen molar-refractivity contribution in [1.82, 2.24) is 19.9 Å². The first-order chi connectivity index (χ1) is 17.6. The second-order valence-electron chi connectivity index (χ2n) is 10.2. The number of ether oxygens (including phenoxy) is 1. The van der Waals surface area contributed by atoms with Crippen LogP contribution in [0, 0.1) is 12.3 Å². The van der Waals surface area contributed by atoms with Crippen LogP contribution in [0.2, 0.25) is 0 Å². The number of rotatable bonds is 11. The molecular formula is C27H37N5O4S. The van der Waals surface area contributed by atoms with Gasteiger partial charge in [0.05, 0.1) is 24.6 Å². The fraction of sp³-hybridized carbons (Fsp3) is 0.481. The summed E-state index contributed by atoms with van der Waals surface area (Å²) < 4.78 is 7.75. The van der Waals surface area contributed by atoms with Gasteiger partial charge in [-0.05, 0) is 13.3 Å². The molecule has 2 heterocycles. The average Bonchev–Trinajstić information content (AvgIpc) is 3.53. The number of aliphatic hydroxyl groups is 1. The molecule has 2 amide bonds. The molecule has 0 saturated carbocycles. The number of aliphatic hydroxyl groups excluding tert-OH is 1. The number of nitrogens with zero attached hydrogens (tertiary/aromatic N) is 3. The summed E-state index contributed by atoms with van der Waals surface area (Å²) in [6, 6.07) is 7.34. The quantitative estimate of drug-likeness (QED) is 0.322. The van der Waals surface area contributed by atoms with E-state index in [2.05, 4.69) is 20.6 Å². The van der Waals surface area contributed by atoms with Crippen LogP contribution in [-0.4, -0.2) is 49.9 Å². The lowest BCUT2D eigenvalue weighted by molar-refractivity contribution is -0.125. The number of nitrogens with one attached hydrogen (secondary N) is 2. The van der Waals surface area contributed by atoms with Crippen molar-refractivity contribution in [2.75, 3.05) is 5.32 Å². The third kappa shape index (κ3) is 8.40. The lowest BCUT2D eigenvalue weighted by Gasteiger charge is -2.31. The Morgan fingerprint density at radius 1 is 1.19 bits per heavy atom. The first-order valence-corrected chi connectivity index (χ1v) is 13.4. The largest absolute Gasteiger partial charge is 0.444 e. The van der Waals surface area contributed by atoms with Gasteiger partial charge >= 0.3 is 6.09 Å². The molecule has 9 nitrogen and oxygen atoms in total. The number of carbonyl (C=O) groups excluding carboxylic acids is 2. The smallest absolute Gasteiger partial charge is 0.407 e. The summed E-state index contributed by atoms with van der Waals surface area (Å²) in [5.41, 5.74) is 2.66. The van der Waals surface area contributed by atoms with Gasteiger partial charge in [-0.2, -0.15) is 0 Å². The Balaban J connectivity index is 1.66. The van der Waals surface area contributed by atoms with E-state index >= 15 is 0 Å². The predicted molar refractivity (Wildman–Crippen MR) is 145 cm³/mol. The molecule has 3 aromatic rings. The molecule has 0 bridgehead atoms. The number of carbonyl (C=O) groups is 2. The van der Waals surface area contributed by atoms with E-state index in [0.29, 0.717) is 18.1 Å². The lowest BCUT2D eigenvalue weighted by atomic mass is 9.89. The van der Waals surface area contributed by atoms with E-state index in [0.717, 1.165) is 24.1 Å². The van der Waals surface area contributed by atoms with Crippen molar-refractivity contribution in [2.24, 2.45) is 5.41 Å². The number of aryl methyl sites for hydroxylation is 1. The number of anilines is 1. The van der Waals surface area contributed by atoms with E-state index in [4.69, 9.17) is 4.74 Å². The highest BCUT2D eigenvalue weighted by Gasteiger charge is 2.32. The summed E-state index contributed by atoms with van der Waals surface area (Å²) in [5, 5.41) is 18.1. The van der Waals surface area contributed by atoms with Crippen LogP contribution >= 0.6 is 11.3 Å². The highest BCUT2D eigenvalue weighted by Crippen LogP contribution is 2.25. The molecule has 3 rings (SSSR count). The molecule has 37 heavy (non-hydrogen) atoms. The maximum absolute atomic E-state index is 13.0. The molecular weight excluding hydrogens is 490 g/mol. The van der Waals surface area contributed by atoms with Crippen LogP contribution in [0.15, 0.2) is 48.4 Å². The van der Waals surface area contributed by atoms with Crippen molar-refractivity contribution < 1.29 is 19.4 Å². The Morgan fingerprint density at radius 3 is 2.54 bits per heavy atom. The predicted octanol–water partition coefficient (Wildman–Crippen LogP) is 5.01. The van der Waals surface area contributed by atoms with E-state index in [1.54, 1.807) is 17.9 Å². The van der Waals surface area contributed by atoms with Crippen LogP contribution in [0.25, 0.3) is 11.3 Å². The molecule has 0 aliphatic heterocycles. The van der Waals surface area contributed by atoms with Crippen LogP contribution in [0.4, 0.5) is 9.93 Å². The molecule has 200 valence electrons. The fourth-order valence-corrected chi connectivity index (χ4v) is 4.24. The summed E-state index contributed by atoms with van der Waals surface area (Å²) in [4.78, 5) is 34.0. The number of aromatic nitrogens is 3. The number of thiazole rings is 1. The maximum Gasteiger partial charge on any atom is 0.407 e. The summed E-state index contributed by atoms with van der Waals surface area (Å²) in [6.45, 7) is 10.4. The fourth-order valence-electron chi connectivity index (χ4n) is 3.71. The number of amides is 2. The van der Waals surface area contributed by atoms with Crippen LogP contribution in [0.3, 0.4) is 0 Å². The minimum atomic E-state index is -1.44. The number of alkyl carbamates (subject to hydrolysis) is 1. The van der Waals surface area contributed by atoms with Crippen LogP contribution in [-0.2, 0) is 16.1 Å². The first-order valence-electron chi connectivity index (χ1n) is 12.5. The topological polar surface area (TPSA) is 118 Å². The van der Waals surface area contributed by atoms with Crippen molar-refractivity contribution in [1.29, 1.82) is 0 Å². The molecule has 0 unspecified atom stereocenters. The van der Waals surface area contributed by atoms with Crippen molar-refractivity contribution >= 4 is 28.5 Å². The van der Waals surface area contributed by atoms with Crippen molar-refractivity contribution in [3.05, 3.63) is 53.9 Å². The van der Waals surface area contributed by atoms with Gasteiger partial charge in [0.15, 0.2) is 11.2 Å². The van der Waals surface area contributed by atoms with E-state index in [1.165, 1.54) is 16.9 Å². The van der Waals surface area contributed by atoms with Gasteiger partial charge < -0.3 is 19.7 Å². The van der Waals surface area contributed by atoms with Gasteiger partial charge in [0.25, 0.3) is 5.91 Å². The Morgan fingerprint density at radius 2 is 1.92 bits per heavy atom. The van der Waals surface area contributed by atoms with Crippen molar-refractivity contribution in [3.8, 4) is 11.3 Å². The van der Waals surface area contributed by atoms with Gasteiger partial charge in [-0.15, -0.1) is 11.3 Å². The van der Waals surface area contributed by atoms with E-state index in [1.807, 2.05) is 69.6 Å². The van der Waals surface area contributed by atoms with Crippen LogP contribution < -0.4 is 10.6 Å². The van der Waals surface area contributed by atoms with Crippen LogP contribution in [0.5, 0.6) is 0 Å². The van der Waals surface area contributed by atoms with E-state index < -0.39 is 30.3 Å². The minimum Gasteiger partial charge on any atom is -0.444 e. The lowest BCUT2D eigenvalue weighted by Crippen LogP contribution is -2.50.